The summed E-state index contributed by atoms with van der Waals surface area (Å²) in [7, 11) is 0. The Bertz CT molecular complexity index is 658. The van der Waals surface area contributed by atoms with Crippen LogP contribution in [0.3, 0.4) is 0 Å². The van der Waals surface area contributed by atoms with Gasteiger partial charge in [-0.05, 0) is 12.1 Å². The Labute approximate surface area is 162 Å². The molecule has 0 saturated carbocycles. The van der Waals surface area contributed by atoms with E-state index in [0.29, 0.717) is 37.6 Å². The molecule has 1 aromatic heterocycles. The number of nitrogens with zero attached hydrogens (tertiary/aromatic N) is 1. The maximum absolute atomic E-state index is 12.4. The normalized spacial score (nSPS) is 18.8. The number of rotatable bonds is 6. The monoisotopic (exact) mass is 405 g/mol. The first-order valence-corrected chi connectivity index (χ1v) is 8.44. The lowest BCUT2D eigenvalue weighted by Gasteiger charge is -2.15. The van der Waals surface area contributed by atoms with Crippen molar-refractivity contribution in [2.75, 3.05) is 19.6 Å². The second kappa shape index (κ2) is 10.6. The molecule has 0 radical (unpaired) electrons. The molecule has 1 aliphatic heterocycles. The number of hydrogen-bond acceptors (Lipinski definition) is 6. The number of thiazole rings is 1. The zero-order valence-electron chi connectivity index (χ0n) is 13.4. The van der Waals surface area contributed by atoms with Gasteiger partial charge in [-0.3, -0.25) is 4.79 Å². The summed E-state index contributed by atoms with van der Waals surface area (Å²) in [6, 6.07) is 7.14. The van der Waals surface area contributed by atoms with Crippen molar-refractivity contribution < 1.29 is 14.6 Å². The summed E-state index contributed by atoms with van der Waals surface area (Å²) in [6.45, 7) is 2.06. The molecular formula is C16H21Cl2N3O3S. The Balaban J connectivity index is 0.00000156. The Hall–Kier alpha value is -1.38. The molecule has 9 heteroatoms. The van der Waals surface area contributed by atoms with Gasteiger partial charge in [0.2, 0.25) is 0 Å². The summed E-state index contributed by atoms with van der Waals surface area (Å²) < 4.78 is 5.72. The van der Waals surface area contributed by atoms with Crippen LogP contribution in [0, 0.1) is 5.92 Å². The third-order valence-corrected chi connectivity index (χ3v) is 4.45. The summed E-state index contributed by atoms with van der Waals surface area (Å²) in [5, 5.41) is 17.7. The Morgan fingerprint density at radius 2 is 2.16 bits per heavy atom. The van der Waals surface area contributed by atoms with Crippen LogP contribution in [0.5, 0.6) is 5.75 Å². The predicted octanol–water partition coefficient (Wildman–Crippen LogP) is 1.88. The quantitative estimate of drug-likeness (QED) is 0.683. The molecule has 2 heterocycles. The lowest BCUT2D eigenvalue weighted by molar-refractivity contribution is 0.0922. The molecular weight excluding hydrogens is 385 g/mol. The zero-order chi connectivity index (χ0) is 16.1. The van der Waals surface area contributed by atoms with Crippen molar-refractivity contribution in [1.29, 1.82) is 0 Å². The summed E-state index contributed by atoms with van der Waals surface area (Å²) >= 11 is 1.51. The second-order valence-electron chi connectivity index (χ2n) is 5.46. The van der Waals surface area contributed by atoms with E-state index < -0.39 is 6.10 Å². The minimum absolute atomic E-state index is 0. The van der Waals surface area contributed by atoms with Crippen LogP contribution in [-0.2, 0) is 6.61 Å². The van der Waals surface area contributed by atoms with Gasteiger partial charge in [-0.2, -0.15) is 0 Å². The number of aliphatic hydroxyl groups excluding tert-OH is 1. The molecule has 1 aliphatic rings. The topological polar surface area (TPSA) is 83.5 Å². The van der Waals surface area contributed by atoms with Crippen LogP contribution in [0.15, 0.2) is 35.2 Å². The van der Waals surface area contributed by atoms with Gasteiger partial charge in [0.05, 0.1) is 22.9 Å². The van der Waals surface area contributed by atoms with Gasteiger partial charge in [0.15, 0.2) is 0 Å². The van der Waals surface area contributed by atoms with E-state index in [4.69, 9.17) is 4.74 Å². The smallest absolute Gasteiger partial charge is 0.255 e. The van der Waals surface area contributed by atoms with Crippen molar-refractivity contribution in [3.63, 3.8) is 0 Å². The molecule has 1 saturated heterocycles. The van der Waals surface area contributed by atoms with E-state index in [1.807, 2.05) is 11.4 Å². The molecule has 2 unspecified atom stereocenters. The van der Waals surface area contributed by atoms with E-state index in [1.165, 1.54) is 11.3 Å². The summed E-state index contributed by atoms with van der Waals surface area (Å²) in [6.07, 6.45) is -0.411. The number of ether oxygens (including phenoxy) is 1. The highest BCUT2D eigenvalue weighted by Gasteiger charge is 2.25. The summed E-state index contributed by atoms with van der Waals surface area (Å²) in [5.74, 6) is 0.378. The average molecular weight is 406 g/mol. The number of para-hydroxylation sites is 1. The third-order valence-electron chi connectivity index (χ3n) is 3.82. The Morgan fingerprint density at radius 1 is 1.36 bits per heavy atom. The summed E-state index contributed by atoms with van der Waals surface area (Å²) in [4.78, 5) is 16.5. The number of carbonyl (C=O) groups excluding carboxylic acids is 1. The molecule has 1 amide bonds. The second-order valence-corrected chi connectivity index (χ2v) is 6.18. The molecule has 1 aromatic carbocycles. The first-order valence-electron chi connectivity index (χ1n) is 7.50. The fourth-order valence-corrected chi connectivity index (χ4v) is 3.03. The molecule has 0 bridgehead atoms. The van der Waals surface area contributed by atoms with Crippen molar-refractivity contribution in [3.05, 3.63) is 46.4 Å². The van der Waals surface area contributed by atoms with Gasteiger partial charge in [-0.1, -0.05) is 12.1 Å². The molecule has 25 heavy (non-hydrogen) atoms. The van der Waals surface area contributed by atoms with Crippen LogP contribution in [0.25, 0.3) is 0 Å². The molecule has 3 rings (SSSR count). The number of hydrogen-bond donors (Lipinski definition) is 3. The van der Waals surface area contributed by atoms with Crippen molar-refractivity contribution >= 4 is 42.1 Å². The molecule has 1 fully saturated rings. The van der Waals surface area contributed by atoms with Gasteiger partial charge in [-0.15, -0.1) is 36.2 Å². The molecule has 2 aromatic rings. The third kappa shape index (κ3) is 5.83. The van der Waals surface area contributed by atoms with Gasteiger partial charge < -0.3 is 20.5 Å². The minimum atomic E-state index is -0.411. The number of β-amino-alcohol motifs (C(OH)–C–C–N with tert-alkyl or cyclic N) is 1. The largest absolute Gasteiger partial charge is 0.486 e. The summed E-state index contributed by atoms with van der Waals surface area (Å²) in [5.41, 5.74) is 3.08. The van der Waals surface area contributed by atoms with E-state index >= 15 is 0 Å². The van der Waals surface area contributed by atoms with Crippen molar-refractivity contribution in [2.45, 2.75) is 12.7 Å². The fourth-order valence-electron chi connectivity index (χ4n) is 2.49. The van der Waals surface area contributed by atoms with Gasteiger partial charge in [-0.25, -0.2) is 4.98 Å². The van der Waals surface area contributed by atoms with Crippen LogP contribution < -0.4 is 15.4 Å². The van der Waals surface area contributed by atoms with Crippen LogP contribution in [0.1, 0.15) is 16.1 Å². The van der Waals surface area contributed by atoms with Crippen LogP contribution in [0.4, 0.5) is 0 Å². The molecule has 3 N–H and O–H groups in total. The van der Waals surface area contributed by atoms with E-state index in [9.17, 15) is 9.90 Å². The Morgan fingerprint density at radius 3 is 2.84 bits per heavy atom. The number of aromatic nitrogens is 1. The van der Waals surface area contributed by atoms with Crippen LogP contribution in [-0.4, -0.2) is 41.7 Å². The maximum atomic E-state index is 12.4. The van der Waals surface area contributed by atoms with E-state index in [1.54, 1.807) is 23.7 Å². The van der Waals surface area contributed by atoms with Crippen molar-refractivity contribution in [2.24, 2.45) is 5.92 Å². The number of nitrogens with one attached hydrogen (secondary N) is 2. The van der Waals surface area contributed by atoms with Crippen molar-refractivity contribution in [1.82, 2.24) is 15.6 Å². The van der Waals surface area contributed by atoms with Crippen LogP contribution in [0.2, 0.25) is 0 Å². The lowest BCUT2D eigenvalue weighted by Crippen LogP contribution is -2.34. The molecule has 6 nitrogen and oxygen atoms in total. The maximum Gasteiger partial charge on any atom is 0.255 e. The highest BCUT2D eigenvalue weighted by molar-refractivity contribution is 7.07. The number of halogens is 2. The van der Waals surface area contributed by atoms with Gasteiger partial charge in [0.25, 0.3) is 5.91 Å². The molecule has 2 atom stereocenters. The van der Waals surface area contributed by atoms with E-state index in [2.05, 4.69) is 15.6 Å². The predicted molar refractivity (Wildman–Crippen MR) is 102 cm³/mol. The highest BCUT2D eigenvalue weighted by Crippen LogP contribution is 2.19. The standard InChI is InChI=1S/C16H19N3O3S.2ClH/c20-14-7-17-5-11(14)6-18-16(21)13-3-1-2-4-15(13)22-8-12-9-23-10-19-12;;/h1-4,9-11,14,17,20H,5-8H2,(H,18,21);2*1H. The number of amides is 1. The number of carbonyl (C=O) groups is 1. The fraction of sp³-hybridized carbons (Fsp3) is 0.375. The first kappa shape index (κ1) is 21.7. The van der Waals surface area contributed by atoms with Crippen LogP contribution >= 0.6 is 36.2 Å². The van der Waals surface area contributed by atoms with Gasteiger partial charge >= 0.3 is 0 Å². The molecule has 0 aliphatic carbocycles. The van der Waals surface area contributed by atoms with E-state index in [-0.39, 0.29) is 36.6 Å². The number of aliphatic hydroxyl groups is 1. The minimum Gasteiger partial charge on any atom is -0.486 e. The molecule has 0 spiro atoms. The SMILES string of the molecule is Cl.Cl.O=C(NCC1CNCC1O)c1ccccc1OCc1cscn1. The van der Waals surface area contributed by atoms with Crippen molar-refractivity contribution in [3.8, 4) is 5.75 Å². The number of benzene rings is 1. The average Bonchev–Trinajstić information content (AvgIpc) is 3.22. The van der Waals surface area contributed by atoms with Gasteiger partial charge in [0.1, 0.15) is 12.4 Å². The Kier molecular flexibility index (Phi) is 9.16. The highest BCUT2D eigenvalue weighted by atomic mass is 35.5. The zero-order valence-corrected chi connectivity index (χ0v) is 15.8. The van der Waals surface area contributed by atoms with E-state index in [0.717, 1.165) is 5.69 Å². The lowest BCUT2D eigenvalue weighted by atomic mass is 10.1. The van der Waals surface area contributed by atoms with Gasteiger partial charge in [0, 0.05) is 30.9 Å². The molecule has 138 valence electrons. The first-order chi connectivity index (χ1) is 11.2.